The Balaban J connectivity index is 2.87. The van der Waals surface area contributed by atoms with Gasteiger partial charge in [-0.2, -0.15) is 0 Å². The Kier molecular flexibility index (Phi) is 5.40. The summed E-state index contributed by atoms with van der Waals surface area (Å²) in [6.07, 6.45) is 2.30. The van der Waals surface area contributed by atoms with Gasteiger partial charge in [0.15, 0.2) is 0 Å². The molecule has 1 nitrogen and oxygen atoms in total. The van der Waals surface area contributed by atoms with Gasteiger partial charge in [0, 0.05) is 12.0 Å². The normalized spacial score (nSPS) is 15.1. The molecule has 0 bridgehead atoms. The fourth-order valence-electron chi connectivity index (χ4n) is 2.73. The minimum Gasteiger partial charge on any atom is -0.330 e. The van der Waals surface area contributed by atoms with E-state index < -0.39 is 0 Å². The van der Waals surface area contributed by atoms with Gasteiger partial charge in [-0.1, -0.05) is 58.9 Å². The number of nitrogens with two attached hydrogens (primary N) is 1. The van der Waals surface area contributed by atoms with Crippen LogP contribution in [0.5, 0.6) is 0 Å². The molecule has 18 heavy (non-hydrogen) atoms. The van der Waals surface area contributed by atoms with Gasteiger partial charge in [0.05, 0.1) is 0 Å². The van der Waals surface area contributed by atoms with Crippen LogP contribution in [-0.2, 0) is 11.8 Å². The van der Waals surface area contributed by atoms with E-state index in [1.54, 1.807) is 0 Å². The molecule has 102 valence electrons. The van der Waals surface area contributed by atoms with Crippen LogP contribution in [0.2, 0.25) is 0 Å². The van der Waals surface area contributed by atoms with E-state index >= 15 is 0 Å². The number of hydrogen-bond donors (Lipinski definition) is 1. The van der Waals surface area contributed by atoms with E-state index in [2.05, 4.69) is 58.9 Å². The largest absolute Gasteiger partial charge is 0.330 e. The van der Waals surface area contributed by atoms with Crippen molar-refractivity contribution in [3.05, 3.63) is 35.4 Å². The maximum atomic E-state index is 6.01. The summed E-state index contributed by atoms with van der Waals surface area (Å²) in [4.78, 5) is 0. The molecule has 1 rings (SSSR count). The van der Waals surface area contributed by atoms with Gasteiger partial charge >= 0.3 is 0 Å². The molecule has 1 unspecified atom stereocenters. The Bertz CT molecular complexity index is 350. The van der Waals surface area contributed by atoms with Gasteiger partial charge in [-0.05, 0) is 35.8 Å². The summed E-state index contributed by atoms with van der Waals surface area (Å²) in [6.45, 7) is 12.1. The van der Waals surface area contributed by atoms with E-state index in [0.29, 0.717) is 18.4 Å². The molecule has 0 saturated heterocycles. The smallest absolute Gasteiger partial charge is 0.00497 e. The van der Waals surface area contributed by atoms with E-state index in [1.807, 2.05) is 0 Å². The molecule has 0 spiro atoms. The van der Waals surface area contributed by atoms with Crippen LogP contribution in [0.15, 0.2) is 24.3 Å². The summed E-state index contributed by atoms with van der Waals surface area (Å²) in [6, 6.07) is 9.08. The van der Waals surface area contributed by atoms with Crippen LogP contribution in [0.3, 0.4) is 0 Å². The monoisotopic (exact) mass is 247 g/mol. The lowest BCUT2D eigenvalue weighted by molar-refractivity contribution is 0.377. The van der Waals surface area contributed by atoms with Crippen molar-refractivity contribution < 1.29 is 0 Å². The molecule has 0 heterocycles. The fraction of sp³-hybridized carbons (Fsp3) is 0.647. The lowest BCUT2D eigenvalue weighted by atomic mass is 9.76. The molecule has 0 saturated carbocycles. The van der Waals surface area contributed by atoms with E-state index in [-0.39, 0.29) is 5.41 Å². The van der Waals surface area contributed by atoms with Crippen LogP contribution in [0.1, 0.15) is 52.2 Å². The van der Waals surface area contributed by atoms with Crippen LogP contribution in [0, 0.1) is 11.8 Å². The van der Waals surface area contributed by atoms with Crippen molar-refractivity contribution >= 4 is 0 Å². The SMILES string of the molecule is CC(C)Cc1ccc(C(C)(CN)CC(C)C)cc1. The maximum absolute atomic E-state index is 6.01. The van der Waals surface area contributed by atoms with Gasteiger partial charge in [-0.25, -0.2) is 0 Å². The Hall–Kier alpha value is -0.820. The first-order valence-corrected chi connectivity index (χ1v) is 7.17. The van der Waals surface area contributed by atoms with E-state index in [1.165, 1.54) is 11.1 Å². The molecule has 2 N–H and O–H groups in total. The molecule has 0 radical (unpaired) electrons. The van der Waals surface area contributed by atoms with Crippen LogP contribution in [0.25, 0.3) is 0 Å². The van der Waals surface area contributed by atoms with Gasteiger partial charge < -0.3 is 5.73 Å². The third-order valence-corrected chi connectivity index (χ3v) is 3.60. The van der Waals surface area contributed by atoms with Gasteiger partial charge in [0.25, 0.3) is 0 Å². The van der Waals surface area contributed by atoms with Gasteiger partial charge in [0.2, 0.25) is 0 Å². The van der Waals surface area contributed by atoms with E-state index in [9.17, 15) is 0 Å². The first-order chi connectivity index (χ1) is 8.37. The van der Waals surface area contributed by atoms with Crippen LogP contribution in [0.4, 0.5) is 0 Å². The average molecular weight is 247 g/mol. The zero-order valence-electron chi connectivity index (χ0n) is 12.7. The molecule has 1 aromatic rings. The van der Waals surface area contributed by atoms with Gasteiger partial charge in [-0.15, -0.1) is 0 Å². The highest BCUT2D eigenvalue weighted by Crippen LogP contribution is 2.30. The Morgan fingerprint density at radius 2 is 1.56 bits per heavy atom. The van der Waals surface area contributed by atoms with E-state index in [0.717, 1.165) is 12.8 Å². The van der Waals surface area contributed by atoms with Crippen molar-refractivity contribution in [3.63, 3.8) is 0 Å². The van der Waals surface area contributed by atoms with Crippen molar-refractivity contribution in [1.82, 2.24) is 0 Å². The molecular weight excluding hydrogens is 218 g/mol. The standard InChI is InChI=1S/C17H29N/c1-13(2)10-15-6-8-16(9-7-15)17(5,12-18)11-14(3)4/h6-9,13-14H,10-12,18H2,1-5H3. The number of rotatable bonds is 6. The molecule has 0 aliphatic heterocycles. The summed E-state index contributed by atoms with van der Waals surface area (Å²) in [5.74, 6) is 1.39. The topological polar surface area (TPSA) is 26.0 Å². The second-order valence-electron chi connectivity index (χ2n) is 6.66. The molecule has 1 atom stereocenters. The summed E-state index contributed by atoms with van der Waals surface area (Å²) in [5, 5.41) is 0. The Morgan fingerprint density at radius 1 is 1.00 bits per heavy atom. The minimum absolute atomic E-state index is 0.116. The highest BCUT2D eigenvalue weighted by atomic mass is 14.6. The zero-order chi connectivity index (χ0) is 13.8. The molecule has 0 aliphatic rings. The first-order valence-electron chi connectivity index (χ1n) is 7.17. The maximum Gasteiger partial charge on any atom is 0.00497 e. The molecule has 0 amide bonds. The summed E-state index contributed by atoms with van der Waals surface area (Å²) in [5.41, 5.74) is 8.93. The highest BCUT2D eigenvalue weighted by molar-refractivity contribution is 5.29. The third-order valence-electron chi connectivity index (χ3n) is 3.60. The number of benzene rings is 1. The van der Waals surface area contributed by atoms with Crippen molar-refractivity contribution in [2.45, 2.75) is 52.9 Å². The van der Waals surface area contributed by atoms with Crippen molar-refractivity contribution in [2.24, 2.45) is 17.6 Å². The molecule has 1 heteroatoms. The van der Waals surface area contributed by atoms with Crippen LogP contribution < -0.4 is 5.73 Å². The first kappa shape index (κ1) is 15.2. The van der Waals surface area contributed by atoms with Gasteiger partial charge in [-0.3, -0.25) is 0 Å². The van der Waals surface area contributed by atoms with Crippen LogP contribution >= 0.6 is 0 Å². The minimum atomic E-state index is 0.116. The molecule has 0 fully saturated rings. The predicted octanol–water partition coefficient (Wildman–Crippen LogP) is 4.15. The van der Waals surface area contributed by atoms with Crippen molar-refractivity contribution in [1.29, 1.82) is 0 Å². The fourth-order valence-corrected chi connectivity index (χ4v) is 2.73. The average Bonchev–Trinajstić information content (AvgIpc) is 2.28. The summed E-state index contributed by atoms with van der Waals surface area (Å²) in [7, 11) is 0. The molecule has 0 aromatic heterocycles. The summed E-state index contributed by atoms with van der Waals surface area (Å²) >= 11 is 0. The zero-order valence-corrected chi connectivity index (χ0v) is 12.7. The lowest BCUT2D eigenvalue weighted by Crippen LogP contribution is -2.33. The molecular formula is C17H29N. The third kappa shape index (κ3) is 4.13. The van der Waals surface area contributed by atoms with Crippen LogP contribution in [-0.4, -0.2) is 6.54 Å². The molecule has 0 aliphatic carbocycles. The quantitative estimate of drug-likeness (QED) is 0.803. The highest BCUT2D eigenvalue weighted by Gasteiger charge is 2.25. The second kappa shape index (κ2) is 6.38. The predicted molar refractivity (Wildman–Crippen MR) is 80.8 cm³/mol. The summed E-state index contributed by atoms with van der Waals surface area (Å²) < 4.78 is 0. The van der Waals surface area contributed by atoms with E-state index in [4.69, 9.17) is 5.73 Å². The Morgan fingerprint density at radius 3 is 1.94 bits per heavy atom. The molecule has 1 aromatic carbocycles. The van der Waals surface area contributed by atoms with Crippen molar-refractivity contribution in [3.8, 4) is 0 Å². The second-order valence-corrected chi connectivity index (χ2v) is 6.66. The lowest BCUT2D eigenvalue weighted by Gasteiger charge is -2.30. The van der Waals surface area contributed by atoms with Crippen molar-refractivity contribution in [2.75, 3.05) is 6.54 Å². The number of hydrogen-bond acceptors (Lipinski definition) is 1. The van der Waals surface area contributed by atoms with Gasteiger partial charge in [0.1, 0.15) is 0 Å². The Labute approximate surface area is 113 Å².